The highest BCUT2D eigenvalue weighted by atomic mass is 19.1. The first-order chi connectivity index (χ1) is 18.5. The Morgan fingerprint density at radius 2 is 1.58 bits per heavy atom. The molecule has 6 heteroatoms. The zero-order chi connectivity index (χ0) is 26.6. The van der Waals surface area contributed by atoms with E-state index in [0.29, 0.717) is 33.4 Å². The lowest BCUT2D eigenvalue weighted by atomic mass is 9.97. The van der Waals surface area contributed by atoms with Crippen LogP contribution in [0.15, 0.2) is 101 Å². The van der Waals surface area contributed by atoms with Crippen LogP contribution in [0.5, 0.6) is 0 Å². The molecule has 5 rings (SSSR count). The van der Waals surface area contributed by atoms with Crippen molar-refractivity contribution in [3.05, 3.63) is 120 Å². The van der Waals surface area contributed by atoms with Gasteiger partial charge in [-0.1, -0.05) is 55.5 Å². The number of fused-ring (bicyclic) bond motifs is 1. The number of rotatable bonds is 8. The number of nitrogens with one attached hydrogen (secondary N) is 1. The molecule has 0 saturated carbocycles. The molecular formula is C32H26FNO4. The number of carbonyl (C=O) groups is 2. The van der Waals surface area contributed by atoms with Gasteiger partial charge in [0.05, 0.1) is 18.2 Å². The van der Waals surface area contributed by atoms with E-state index in [4.69, 9.17) is 4.42 Å². The number of halogens is 1. The Morgan fingerprint density at radius 3 is 2.29 bits per heavy atom. The normalized spacial score (nSPS) is 11.9. The van der Waals surface area contributed by atoms with E-state index in [1.54, 1.807) is 43.3 Å². The maximum atomic E-state index is 13.5. The molecule has 2 N–H and O–H groups in total. The second-order valence-electron chi connectivity index (χ2n) is 9.00. The van der Waals surface area contributed by atoms with Gasteiger partial charge >= 0.3 is 0 Å². The predicted octanol–water partition coefficient (Wildman–Crippen LogP) is 6.96. The minimum absolute atomic E-state index is 0.0793. The number of benzene rings is 4. The van der Waals surface area contributed by atoms with E-state index in [1.165, 1.54) is 12.1 Å². The Morgan fingerprint density at radius 1 is 0.868 bits per heavy atom. The largest absolute Gasteiger partial charge is 0.455 e. The lowest BCUT2D eigenvalue weighted by Gasteiger charge is -2.17. The molecule has 1 heterocycles. The molecule has 1 atom stereocenters. The minimum Gasteiger partial charge on any atom is -0.455 e. The van der Waals surface area contributed by atoms with Crippen molar-refractivity contribution < 1.29 is 23.5 Å². The highest BCUT2D eigenvalue weighted by Crippen LogP contribution is 2.37. The van der Waals surface area contributed by atoms with Crippen LogP contribution in [-0.4, -0.2) is 23.4 Å². The fraction of sp³-hybridized carbons (Fsp3) is 0.125. The van der Waals surface area contributed by atoms with Gasteiger partial charge in [0.25, 0.3) is 5.91 Å². The summed E-state index contributed by atoms with van der Waals surface area (Å²) < 4.78 is 19.6. The third-order valence-electron chi connectivity index (χ3n) is 6.54. The van der Waals surface area contributed by atoms with Crippen LogP contribution in [0, 0.1) is 5.82 Å². The number of ketones is 1. The molecular weight excluding hydrogens is 481 g/mol. The molecule has 0 radical (unpaired) electrons. The first kappa shape index (κ1) is 25.1. The summed E-state index contributed by atoms with van der Waals surface area (Å²) in [6.07, 6.45) is 0.288. The molecule has 4 aromatic carbocycles. The lowest BCUT2D eigenvalue weighted by molar-refractivity contribution is 0.0915. The summed E-state index contributed by atoms with van der Waals surface area (Å²) in [6, 6.07) is 27.4. The van der Waals surface area contributed by atoms with E-state index in [-0.39, 0.29) is 30.5 Å². The lowest BCUT2D eigenvalue weighted by Crippen LogP contribution is -2.30. The van der Waals surface area contributed by atoms with Crippen LogP contribution < -0.4 is 5.32 Å². The third kappa shape index (κ3) is 4.99. The van der Waals surface area contributed by atoms with Crippen molar-refractivity contribution >= 4 is 22.7 Å². The maximum Gasteiger partial charge on any atom is 0.251 e. The number of furan rings is 1. The fourth-order valence-corrected chi connectivity index (χ4v) is 4.54. The summed E-state index contributed by atoms with van der Waals surface area (Å²) in [5.41, 5.74) is 4.49. The average molecular weight is 508 g/mol. The molecule has 0 bridgehead atoms. The molecule has 0 spiro atoms. The molecule has 0 aliphatic carbocycles. The van der Waals surface area contributed by atoms with Gasteiger partial charge in [-0.3, -0.25) is 9.59 Å². The Hall–Kier alpha value is -4.55. The molecule has 1 amide bonds. The number of hydrogen-bond acceptors (Lipinski definition) is 4. The Kier molecular flexibility index (Phi) is 7.15. The van der Waals surface area contributed by atoms with Crippen LogP contribution >= 0.6 is 0 Å². The first-order valence-electron chi connectivity index (χ1n) is 12.4. The van der Waals surface area contributed by atoms with E-state index >= 15 is 0 Å². The predicted molar refractivity (Wildman–Crippen MR) is 145 cm³/mol. The van der Waals surface area contributed by atoms with Gasteiger partial charge < -0.3 is 14.8 Å². The van der Waals surface area contributed by atoms with E-state index in [9.17, 15) is 19.1 Å². The quantitative estimate of drug-likeness (QED) is 0.223. The first-order valence-corrected chi connectivity index (χ1v) is 12.4. The number of aliphatic hydroxyl groups excluding tert-OH is 1. The van der Waals surface area contributed by atoms with Crippen LogP contribution in [0.2, 0.25) is 0 Å². The Labute approximate surface area is 219 Å². The summed E-state index contributed by atoms with van der Waals surface area (Å²) >= 11 is 0. The van der Waals surface area contributed by atoms with Crippen molar-refractivity contribution in [2.24, 2.45) is 0 Å². The van der Waals surface area contributed by atoms with Crippen LogP contribution in [0.3, 0.4) is 0 Å². The zero-order valence-corrected chi connectivity index (χ0v) is 20.8. The minimum atomic E-state index is -0.526. The fourth-order valence-electron chi connectivity index (χ4n) is 4.54. The van der Waals surface area contributed by atoms with Crippen LogP contribution in [0.4, 0.5) is 4.39 Å². The molecule has 5 aromatic rings. The molecule has 1 aromatic heterocycles. The van der Waals surface area contributed by atoms with E-state index in [2.05, 4.69) is 5.32 Å². The van der Waals surface area contributed by atoms with Crippen molar-refractivity contribution in [3.63, 3.8) is 0 Å². The standard InChI is InChI=1S/C32H26FNO4/c1-2-28(36)30-26-18-23(13-16-29(26)38-31(30)21-11-14-25(33)15-12-21)22-9-6-10-24(17-22)32(37)34-27(19-35)20-7-4-3-5-8-20/h3-18,27,35H,2,19H2,1H3,(H,34,37)/t27-/m0/s1. The molecule has 5 nitrogen and oxygen atoms in total. The van der Waals surface area contributed by atoms with Gasteiger partial charge in [-0.15, -0.1) is 0 Å². The average Bonchev–Trinajstić information content (AvgIpc) is 3.35. The second-order valence-corrected chi connectivity index (χ2v) is 9.00. The van der Waals surface area contributed by atoms with Gasteiger partial charge in [-0.05, 0) is 65.2 Å². The topological polar surface area (TPSA) is 79.5 Å². The molecule has 0 saturated heterocycles. The number of hydrogen-bond donors (Lipinski definition) is 2. The smallest absolute Gasteiger partial charge is 0.251 e. The summed E-state index contributed by atoms with van der Waals surface area (Å²) in [6.45, 7) is 1.56. The Bertz CT molecular complexity index is 1610. The second kappa shape index (κ2) is 10.8. The van der Waals surface area contributed by atoms with Crippen LogP contribution in [-0.2, 0) is 0 Å². The monoisotopic (exact) mass is 507 g/mol. The van der Waals surface area contributed by atoms with E-state index in [0.717, 1.165) is 16.7 Å². The molecule has 0 aliphatic heterocycles. The van der Waals surface area contributed by atoms with Gasteiger partial charge in [0.2, 0.25) is 0 Å². The summed E-state index contributed by atoms with van der Waals surface area (Å²) in [5.74, 6) is -0.342. The number of amides is 1. The van der Waals surface area contributed by atoms with Gasteiger partial charge in [-0.2, -0.15) is 0 Å². The molecule has 0 fully saturated rings. The van der Waals surface area contributed by atoms with E-state index < -0.39 is 6.04 Å². The summed E-state index contributed by atoms with van der Waals surface area (Å²) in [4.78, 5) is 26.0. The highest BCUT2D eigenvalue weighted by Gasteiger charge is 2.22. The van der Waals surface area contributed by atoms with Gasteiger partial charge in [-0.25, -0.2) is 4.39 Å². The van der Waals surface area contributed by atoms with Crippen LogP contribution in [0.25, 0.3) is 33.4 Å². The van der Waals surface area contributed by atoms with Gasteiger partial charge in [0.1, 0.15) is 17.2 Å². The van der Waals surface area contributed by atoms with E-state index in [1.807, 2.05) is 48.5 Å². The molecule has 38 heavy (non-hydrogen) atoms. The molecule has 0 unspecified atom stereocenters. The Balaban J connectivity index is 1.50. The number of Topliss-reactive ketones (excluding diaryl/α,β-unsaturated/α-hetero) is 1. The van der Waals surface area contributed by atoms with Gasteiger partial charge in [0.15, 0.2) is 5.78 Å². The molecule has 190 valence electrons. The zero-order valence-electron chi connectivity index (χ0n) is 20.8. The maximum absolute atomic E-state index is 13.5. The number of carbonyl (C=O) groups excluding carboxylic acids is 2. The number of aliphatic hydroxyl groups is 1. The summed E-state index contributed by atoms with van der Waals surface area (Å²) in [7, 11) is 0. The highest BCUT2D eigenvalue weighted by molar-refractivity contribution is 6.12. The van der Waals surface area contributed by atoms with Crippen molar-refractivity contribution in [3.8, 4) is 22.5 Å². The van der Waals surface area contributed by atoms with Crippen molar-refractivity contribution in [1.82, 2.24) is 5.32 Å². The van der Waals surface area contributed by atoms with Crippen molar-refractivity contribution in [1.29, 1.82) is 0 Å². The van der Waals surface area contributed by atoms with Crippen molar-refractivity contribution in [2.75, 3.05) is 6.61 Å². The SMILES string of the molecule is CCC(=O)c1c(-c2ccc(F)cc2)oc2ccc(-c3cccc(C(=O)N[C@@H](CO)c4ccccc4)c3)cc12. The molecule has 0 aliphatic rings. The van der Waals surface area contributed by atoms with Gasteiger partial charge in [0, 0.05) is 22.9 Å². The van der Waals surface area contributed by atoms with Crippen LogP contribution in [0.1, 0.15) is 45.7 Å². The third-order valence-corrected chi connectivity index (χ3v) is 6.54. The summed E-state index contributed by atoms with van der Waals surface area (Å²) in [5, 5.41) is 13.4. The van der Waals surface area contributed by atoms with Crippen molar-refractivity contribution in [2.45, 2.75) is 19.4 Å².